The van der Waals surface area contributed by atoms with Gasteiger partial charge in [0.2, 0.25) is 15.9 Å². The number of ether oxygens (including phenoxy) is 1. The SMILES string of the molecule is COc1ccc2c(c1)NC1(CCN(C(=O)CCc3cccc(C)n3)CC1)NS2(=O)=O. The van der Waals surface area contributed by atoms with Gasteiger partial charge in [0.25, 0.3) is 0 Å². The Hall–Kier alpha value is -2.65. The van der Waals surface area contributed by atoms with Gasteiger partial charge >= 0.3 is 0 Å². The van der Waals surface area contributed by atoms with Crippen molar-refractivity contribution in [3.8, 4) is 5.75 Å². The molecule has 0 saturated carbocycles. The molecule has 3 heterocycles. The van der Waals surface area contributed by atoms with Crippen LogP contribution in [0.1, 0.15) is 30.7 Å². The van der Waals surface area contributed by atoms with Crippen LogP contribution in [0.4, 0.5) is 5.69 Å². The Morgan fingerprint density at radius 2 is 2.00 bits per heavy atom. The molecule has 2 N–H and O–H groups in total. The summed E-state index contributed by atoms with van der Waals surface area (Å²) in [6.07, 6.45) is 1.96. The molecule has 30 heavy (non-hydrogen) atoms. The van der Waals surface area contributed by atoms with Crippen LogP contribution in [0, 0.1) is 6.92 Å². The van der Waals surface area contributed by atoms with Crippen molar-refractivity contribution in [1.29, 1.82) is 0 Å². The van der Waals surface area contributed by atoms with E-state index in [1.165, 1.54) is 6.07 Å². The van der Waals surface area contributed by atoms with Crippen LogP contribution in [0.5, 0.6) is 5.75 Å². The van der Waals surface area contributed by atoms with Gasteiger partial charge in [-0.25, -0.2) is 8.42 Å². The lowest BCUT2D eigenvalue weighted by molar-refractivity contribution is -0.132. The highest BCUT2D eigenvalue weighted by atomic mass is 32.2. The number of methoxy groups -OCH3 is 1. The van der Waals surface area contributed by atoms with Gasteiger partial charge < -0.3 is 15.0 Å². The fourth-order valence-corrected chi connectivity index (χ4v) is 5.59. The molecular weight excluding hydrogens is 404 g/mol. The van der Waals surface area contributed by atoms with Gasteiger partial charge in [-0.2, -0.15) is 4.72 Å². The maximum absolute atomic E-state index is 12.8. The normalized spacial score (nSPS) is 19.1. The average Bonchev–Trinajstić information content (AvgIpc) is 2.71. The van der Waals surface area contributed by atoms with Crippen molar-refractivity contribution in [2.75, 3.05) is 25.5 Å². The molecule has 160 valence electrons. The van der Waals surface area contributed by atoms with E-state index < -0.39 is 15.7 Å². The summed E-state index contributed by atoms with van der Waals surface area (Å²) in [6, 6.07) is 10.7. The number of carbonyl (C=O) groups is 1. The summed E-state index contributed by atoms with van der Waals surface area (Å²) in [6.45, 7) is 2.89. The molecule has 1 spiro atoms. The topological polar surface area (TPSA) is 101 Å². The Balaban J connectivity index is 1.41. The number of aromatic nitrogens is 1. The van der Waals surface area contributed by atoms with E-state index >= 15 is 0 Å². The molecule has 0 radical (unpaired) electrons. The molecule has 0 atom stereocenters. The number of pyridine rings is 1. The van der Waals surface area contributed by atoms with Gasteiger partial charge in [0, 0.05) is 49.8 Å². The largest absolute Gasteiger partial charge is 0.497 e. The van der Waals surface area contributed by atoms with Crippen molar-refractivity contribution in [3.63, 3.8) is 0 Å². The third-order valence-electron chi connectivity index (χ3n) is 5.69. The van der Waals surface area contributed by atoms with Gasteiger partial charge in [-0.15, -0.1) is 0 Å². The zero-order valence-electron chi connectivity index (χ0n) is 17.1. The smallest absolute Gasteiger partial charge is 0.244 e. The monoisotopic (exact) mass is 430 g/mol. The van der Waals surface area contributed by atoms with Crippen LogP contribution in [0.15, 0.2) is 41.3 Å². The molecule has 9 heteroatoms. The Morgan fingerprint density at radius 3 is 2.70 bits per heavy atom. The Morgan fingerprint density at radius 1 is 1.23 bits per heavy atom. The number of fused-ring (bicyclic) bond motifs is 1. The van der Waals surface area contributed by atoms with E-state index in [9.17, 15) is 13.2 Å². The number of carbonyl (C=O) groups excluding carboxylic acids is 1. The first-order valence-electron chi connectivity index (χ1n) is 10.0. The van der Waals surface area contributed by atoms with Gasteiger partial charge in [0.15, 0.2) is 0 Å². The molecule has 1 aromatic heterocycles. The molecule has 2 aliphatic heterocycles. The number of amides is 1. The minimum Gasteiger partial charge on any atom is -0.497 e. The van der Waals surface area contributed by atoms with Crippen molar-refractivity contribution in [2.24, 2.45) is 0 Å². The van der Waals surface area contributed by atoms with E-state index in [0.717, 1.165) is 11.4 Å². The number of rotatable bonds is 4. The molecule has 1 aromatic carbocycles. The third kappa shape index (κ3) is 4.13. The van der Waals surface area contributed by atoms with Crippen molar-refractivity contribution < 1.29 is 17.9 Å². The number of aryl methyl sites for hydroxylation is 2. The zero-order valence-corrected chi connectivity index (χ0v) is 18.0. The summed E-state index contributed by atoms with van der Waals surface area (Å²) in [5.74, 6) is 0.653. The lowest BCUT2D eigenvalue weighted by Gasteiger charge is -2.45. The lowest BCUT2D eigenvalue weighted by atomic mass is 9.96. The molecule has 4 rings (SSSR count). The minimum absolute atomic E-state index is 0.0638. The first-order valence-corrected chi connectivity index (χ1v) is 11.5. The second-order valence-corrected chi connectivity index (χ2v) is 9.48. The summed E-state index contributed by atoms with van der Waals surface area (Å²) in [4.78, 5) is 19.1. The van der Waals surface area contributed by atoms with E-state index in [0.29, 0.717) is 50.2 Å². The Kier molecular flexibility index (Phi) is 5.42. The summed E-state index contributed by atoms with van der Waals surface area (Å²) >= 11 is 0. The Bertz CT molecular complexity index is 1060. The van der Waals surface area contributed by atoms with Crippen molar-refractivity contribution >= 4 is 21.6 Å². The van der Waals surface area contributed by atoms with Crippen LogP contribution < -0.4 is 14.8 Å². The van der Waals surface area contributed by atoms with E-state index in [4.69, 9.17) is 4.74 Å². The molecule has 2 aliphatic rings. The molecule has 1 saturated heterocycles. The van der Waals surface area contributed by atoms with Gasteiger partial charge in [-0.1, -0.05) is 6.07 Å². The van der Waals surface area contributed by atoms with Gasteiger partial charge in [-0.3, -0.25) is 9.78 Å². The molecule has 1 amide bonds. The van der Waals surface area contributed by atoms with E-state index in [2.05, 4.69) is 15.0 Å². The van der Waals surface area contributed by atoms with Gasteiger partial charge in [0.05, 0.1) is 12.8 Å². The second kappa shape index (κ2) is 7.88. The number of hydrogen-bond acceptors (Lipinski definition) is 6. The maximum Gasteiger partial charge on any atom is 0.244 e. The van der Waals surface area contributed by atoms with Crippen LogP contribution in [0.3, 0.4) is 0 Å². The fourth-order valence-electron chi connectivity index (χ4n) is 4.06. The number of nitrogens with zero attached hydrogens (tertiary/aromatic N) is 2. The first-order chi connectivity index (χ1) is 14.3. The number of hydrogen-bond donors (Lipinski definition) is 2. The third-order valence-corrected chi connectivity index (χ3v) is 7.29. The molecule has 0 unspecified atom stereocenters. The minimum atomic E-state index is -3.64. The zero-order chi connectivity index (χ0) is 21.4. The summed E-state index contributed by atoms with van der Waals surface area (Å²) in [5.41, 5.74) is 1.57. The molecule has 8 nitrogen and oxygen atoms in total. The average molecular weight is 431 g/mol. The second-order valence-electron chi connectivity index (χ2n) is 7.83. The fraction of sp³-hybridized carbons (Fsp3) is 0.429. The molecule has 1 fully saturated rings. The standard InChI is InChI=1S/C21H26N4O4S/c1-15-4-3-5-16(22-15)6-9-20(26)25-12-10-21(11-13-25)23-18-14-17(29-2)7-8-19(18)30(27,28)24-21/h3-5,7-8,14,23-24H,6,9-13H2,1-2H3. The van der Waals surface area contributed by atoms with Crippen LogP contribution in [0.25, 0.3) is 0 Å². The molecular formula is C21H26N4O4S. The van der Waals surface area contributed by atoms with Crippen molar-refractivity contribution in [2.45, 2.75) is 43.2 Å². The highest BCUT2D eigenvalue weighted by Crippen LogP contribution is 2.37. The lowest BCUT2D eigenvalue weighted by Crippen LogP contribution is -2.62. The molecule has 0 aliphatic carbocycles. The van der Waals surface area contributed by atoms with Gasteiger partial charge in [-0.05, 0) is 37.6 Å². The summed E-state index contributed by atoms with van der Waals surface area (Å²) in [7, 11) is -2.10. The quantitative estimate of drug-likeness (QED) is 0.770. The first kappa shape index (κ1) is 20.6. The predicted molar refractivity (Wildman–Crippen MR) is 113 cm³/mol. The van der Waals surface area contributed by atoms with Crippen LogP contribution >= 0.6 is 0 Å². The van der Waals surface area contributed by atoms with Crippen LogP contribution in [-0.4, -0.2) is 50.1 Å². The maximum atomic E-state index is 12.8. The molecule has 2 aromatic rings. The van der Waals surface area contributed by atoms with Crippen LogP contribution in [-0.2, 0) is 21.2 Å². The summed E-state index contributed by atoms with van der Waals surface area (Å²) < 4.78 is 33.6. The highest BCUT2D eigenvalue weighted by Gasteiger charge is 2.43. The predicted octanol–water partition coefficient (Wildman–Crippen LogP) is 2.05. The number of anilines is 1. The van der Waals surface area contributed by atoms with E-state index in [-0.39, 0.29) is 10.8 Å². The number of nitrogens with one attached hydrogen (secondary N) is 2. The van der Waals surface area contributed by atoms with Crippen molar-refractivity contribution in [3.05, 3.63) is 47.8 Å². The summed E-state index contributed by atoms with van der Waals surface area (Å²) in [5, 5.41) is 3.35. The van der Waals surface area contributed by atoms with Crippen molar-refractivity contribution in [1.82, 2.24) is 14.6 Å². The molecule has 0 bridgehead atoms. The highest BCUT2D eigenvalue weighted by molar-refractivity contribution is 7.89. The number of likely N-dealkylation sites (tertiary alicyclic amines) is 1. The number of sulfonamides is 1. The number of piperidine rings is 1. The van der Waals surface area contributed by atoms with E-state index in [1.54, 1.807) is 24.1 Å². The van der Waals surface area contributed by atoms with E-state index in [1.807, 2.05) is 25.1 Å². The van der Waals surface area contributed by atoms with Gasteiger partial charge in [0.1, 0.15) is 16.3 Å². The number of benzene rings is 1. The van der Waals surface area contributed by atoms with Crippen LogP contribution in [0.2, 0.25) is 0 Å². The Labute approximate surface area is 176 Å².